The number of alkyl halides is 13. The van der Waals surface area contributed by atoms with E-state index >= 15 is 0 Å². The molecule has 0 rings (SSSR count). The highest BCUT2D eigenvalue weighted by Gasteiger charge is 2.90. The Balaban J connectivity index is -0.000000265. The van der Waals surface area contributed by atoms with Crippen LogP contribution in [-0.2, 0) is 47.5 Å². The molecule has 0 aromatic heterocycles. The molecule has 24 heteroatoms. The van der Waals surface area contributed by atoms with Crippen molar-refractivity contribution in [3.63, 3.8) is 0 Å². The van der Waals surface area contributed by atoms with Crippen molar-refractivity contribution in [2.45, 2.75) is 151 Å². The Morgan fingerprint density at radius 1 is 0.409 bits per heavy atom. The minimum atomic E-state index is -7.97. The minimum absolute atomic E-state index is 0. The van der Waals surface area contributed by atoms with Gasteiger partial charge in [0, 0.05) is 92.3 Å². The van der Waals surface area contributed by atoms with Gasteiger partial charge in [0.15, 0.2) is 6.61 Å². The van der Waals surface area contributed by atoms with Crippen LogP contribution in [0.4, 0.5) is 57.1 Å². The van der Waals surface area contributed by atoms with E-state index in [0.717, 1.165) is 51.9 Å². The van der Waals surface area contributed by atoms with Crippen LogP contribution in [0.2, 0.25) is 0 Å². The molecule has 0 spiro atoms. The van der Waals surface area contributed by atoms with Crippen LogP contribution in [0, 0.1) is 11.8 Å². The standard InChI is InChI=1S/C26H52O9.C12H11F13O2.4CH4/c1-3-25(2)26(28)35-24-10-23-34-22-9-21-33-20-8-19-32-18-7-17-31-16-6-15-30-14-5-13-29-12-4-11-27;1-3-5(2)6(26)27-4-7(13,14)8(15,16)9(17,18)10(19,20)11(21,22)12(23,24)25;;;;/h25,27H,3-24H2,1-2H3;5H,3-4H2,1-2H3;4*1H4. The summed E-state index contributed by atoms with van der Waals surface area (Å²) in [4.78, 5) is 22.6. The number of ether oxygens (including phenoxy) is 8. The molecule has 0 radical (unpaired) electrons. The summed E-state index contributed by atoms with van der Waals surface area (Å²) in [5, 5.41) is 8.64. The van der Waals surface area contributed by atoms with Gasteiger partial charge in [0.2, 0.25) is 0 Å². The first-order valence-corrected chi connectivity index (χ1v) is 20.2. The van der Waals surface area contributed by atoms with E-state index < -0.39 is 54.3 Å². The van der Waals surface area contributed by atoms with Crippen molar-refractivity contribution in [1.82, 2.24) is 0 Å². The van der Waals surface area contributed by atoms with Gasteiger partial charge in [-0.3, -0.25) is 9.59 Å². The van der Waals surface area contributed by atoms with Gasteiger partial charge in [-0.25, -0.2) is 0 Å². The van der Waals surface area contributed by atoms with Crippen LogP contribution in [0.5, 0.6) is 0 Å². The first-order valence-electron chi connectivity index (χ1n) is 20.2. The Kier molecular flexibility index (Phi) is 45.1. The van der Waals surface area contributed by atoms with Gasteiger partial charge in [0.05, 0.1) is 18.4 Å². The lowest BCUT2D eigenvalue weighted by Gasteiger charge is -2.39. The van der Waals surface area contributed by atoms with Crippen LogP contribution >= 0.6 is 0 Å². The number of hydrogen-bond acceptors (Lipinski definition) is 11. The van der Waals surface area contributed by atoms with Crippen molar-refractivity contribution >= 4 is 11.9 Å². The Morgan fingerprint density at radius 3 is 0.939 bits per heavy atom. The molecule has 0 amide bonds. The van der Waals surface area contributed by atoms with Gasteiger partial charge in [0.1, 0.15) is 0 Å². The lowest BCUT2D eigenvalue weighted by molar-refractivity contribution is -0.441. The molecule has 404 valence electrons. The molecule has 0 saturated heterocycles. The molecule has 2 atom stereocenters. The predicted molar refractivity (Wildman–Crippen MR) is 223 cm³/mol. The smallest absolute Gasteiger partial charge is 0.460 e. The summed E-state index contributed by atoms with van der Waals surface area (Å²) in [6, 6.07) is 0. The van der Waals surface area contributed by atoms with Crippen molar-refractivity contribution in [3.8, 4) is 0 Å². The summed E-state index contributed by atoms with van der Waals surface area (Å²) in [6.45, 7) is 11.9. The maximum atomic E-state index is 13.3. The van der Waals surface area contributed by atoms with Crippen LogP contribution < -0.4 is 0 Å². The van der Waals surface area contributed by atoms with Gasteiger partial charge in [0.25, 0.3) is 0 Å². The lowest BCUT2D eigenvalue weighted by atomic mass is 9.94. The molecule has 66 heavy (non-hydrogen) atoms. The van der Waals surface area contributed by atoms with E-state index in [1.807, 2.05) is 13.8 Å². The molecule has 1 N–H and O–H groups in total. The number of aliphatic hydroxyl groups is 1. The average molecular weight is 1010 g/mol. The van der Waals surface area contributed by atoms with Crippen LogP contribution in [0.25, 0.3) is 0 Å². The van der Waals surface area contributed by atoms with Crippen LogP contribution in [0.3, 0.4) is 0 Å². The summed E-state index contributed by atoms with van der Waals surface area (Å²) in [7, 11) is 0. The van der Waals surface area contributed by atoms with Crippen molar-refractivity contribution in [3.05, 3.63) is 0 Å². The zero-order valence-corrected chi connectivity index (χ0v) is 35.6. The molecule has 0 saturated carbocycles. The lowest BCUT2D eigenvalue weighted by Crippen LogP contribution is -2.70. The molecule has 2 unspecified atom stereocenters. The van der Waals surface area contributed by atoms with E-state index in [1.54, 1.807) is 0 Å². The fourth-order valence-electron chi connectivity index (χ4n) is 4.10. The number of hydrogen-bond donors (Lipinski definition) is 1. The number of rotatable bonds is 37. The van der Waals surface area contributed by atoms with Gasteiger partial charge in [-0.15, -0.1) is 0 Å². The molecule has 11 nitrogen and oxygen atoms in total. The van der Waals surface area contributed by atoms with Crippen LogP contribution in [0.1, 0.15) is 115 Å². The topological polar surface area (TPSA) is 128 Å². The highest BCUT2D eigenvalue weighted by molar-refractivity contribution is 5.72. The summed E-state index contributed by atoms with van der Waals surface area (Å²) in [5.41, 5.74) is 0. The van der Waals surface area contributed by atoms with Gasteiger partial charge in [-0.2, -0.15) is 57.1 Å². The third-order valence-electron chi connectivity index (χ3n) is 8.43. The Hall–Kier alpha value is -2.25. The van der Waals surface area contributed by atoms with E-state index in [4.69, 9.17) is 38.3 Å². The van der Waals surface area contributed by atoms with Gasteiger partial charge >= 0.3 is 47.7 Å². The van der Waals surface area contributed by atoms with Crippen LogP contribution in [-0.4, -0.2) is 152 Å². The highest BCUT2D eigenvalue weighted by atomic mass is 19.4. The minimum Gasteiger partial charge on any atom is -0.465 e. The Labute approximate surface area is 383 Å². The van der Waals surface area contributed by atoms with E-state index in [-0.39, 0.29) is 54.6 Å². The van der Waals surface area contributed by atoms with Crippen LogP contribution in [0.15, 0.2) is 0 Å². The fraction of sp³-hybridized carbons (Fsp3) is 0.952. The van der Waals surface area contributed by atoms with Crippen molar-refractivity contribution in [2.75, 3.05) is 99.1 Å². The van der Waals surface area contributed by atoms with Gasteiger partial charge in [-0.1, -0.05) is 57.4 Å². The zero-order valence-electron chi connectivity index (χ0n) is 35.6. The summed E-state index contributed by atoms with van der Waals surface area (Å²) < 4.78 is 208. The number of carbonyl (C=O) groups is 2. The normalized spacial score (nSPS) is 13.1. The monoisotopic (exact) mass is 1010 g/mol. The quantitative estimate of drug-likeness (QED) is 0.0363. The first kappa shape index (κ1) is 75.3. The Bertz CT molecular complexity index is 1150. The third-order valence-corrected chi connectivity index (χ3v) is 8.43. The van der Waals surface area contributed by atoms with Crippen molar-refractivity contribution in [2.24, 2.45) is 11.8 Å². The summed E-state index contributed by atoms with van der Waals surface area (Å²) in [5.74, 6) is -40.5. The molecule has 0 fully saturated rings. The molecular weight excluding hydrogens is 927 g/mol. The zero-order chi connectivity index (χ0) is 47.9. The number of halogens is 13. The summed E-state index contributed by atoms with van der Waals surface area (Å²) in [6.07, 6.45) is -0.947. The van der Waals surface area contributed by atoms with E-state index in [0.29, 0.717) is 92.3 Å². The van der Waals surface area contributed by atoms with E-state index in [2.05, 4.69) is 4.74 Å². The SMILES string of the molecule is C.C.C.C.CCC(C)C(=O)OCC(F)(F)C(F)(F)C(F)(F)C(F)(F)C(F)(F)C(F)(F)F.CCC(C)C(=O)OCCCOCCCOCCCOCCCOCCCOCCCOCCCO. The largest absolute Gasteiger partial charge is 0.465 e. The molecule has 0 aliphatic carbocycles. The van der Waals surface area contributed by atoms with Crippen molar-refractivity contribution < 1.29 is 110 Å². The van der Waals surface area contributed by atoms with Gasteiger partial charge in [-0.05, 0) is 51.4 Å². The second-order valence-electron chi connectivity index (χ2n) is 13.8. The van der Waals surface area contributed by atoms with E-state index in [9.17, 15) is 66.7 Å². The molecule has 0 aromatic rings. The molecule has 0 aromatic carbocycles. The first-order chi connectivity index (χ1) is 28.8. The average Bonchev–Trinajstić information content (AvgIpc) is 3.21. The molecule has 0 aliphatic heterocycles. The molecular formula is C42H79F13O11. The second-order valence-corrected chi connectivity index (χ2v) is 13.8. The van der Waals surface area contributed by atoms with E-state index in [1.165, 1.54) is 6.92 Å². The molecule has 0 heterocycles. The number of carbonyl (C=O) groups excluding carboxylic acids is 2. The Morgan fingerprint density at radius 2 is 0.667 bits per heavy atom. The second kappa shape index (κ2) is 39.6. The third kappa shape index (κ3) is 28.3. The molecule has 0 aliphatic rings. The van der Waals surface area contributed by atoms with Crippen molar-refractivity contribution in [1.29, 1.82) is 0 Å². The van der Waals surface area contributed by atoms with Gasteiger partial charge < -0.3 is 43.0 Å². The summed E-state index contributed by atoms with van der Waals surface area (Å²) >= 11 is 0. The maximum absolute atomic E-state index is 13.3. The predicted octanol–water partition coefficient (Wildman–Crippen LogP) is 11.3. The highest BCUT2D eigenvalue weighted by Crippen LogP contribution is 2.60. The fourth-order valence-corrected chi connectivity index (χ4v) is 4.10. The maximum Gasteiger partial charge on any atom is 0.460 e. The number of aliphatic hydroxyl groups excluding tert-OH is 1. The molecule has 0 bridgehead atoms. The number of esters is 2.